The molecule has 0 aliphatic heterocycles. The van der Waals surface area contributed by atoms with Gasteiger partial charge in [-0.25, -0.2) is 5.43 Å². The molecule has 0 saturated heterocycles. The lowest BCUT2D eigenvalue weighted by atomic mass is 9.98. The number of nitrogens with zero attached hydrogens (tertiary/aromatic N) is 3. The van der Waals surface area contributed by atoms with E-state index in [1.54, 1.807) is 19.4 Å². The van der Waals surface area contributed by atoms with E-state index in [1.807, 2.05) is 18.2 Å². The summed E-state index contributed by atoms with van der Waals surface area (Å²) in [5.41, 5.74) is 9.31. The average Bonchev–Trinajstić information content (AvgIpc) is 3.55. The van der Waals surface area contributed by atoms with Crippen molar-refractivity contribution in [3.05, 3.63) is 77.0 Å². The van der Waals surface area contributed by atoms with E-state index in [-0.39, 0.29) is 5.91 Å². The highest BCUT2D eigenvalue weighted by Gasteiger charge is 2.18. The fourth-order valence-electron chi connectivity index (χ4n) is 4.86. The van der Waals surface area contributed by atoms with Crippen LogP contribution in [-0.2, 0) is 12.8 Å². The maximum absolute atomic E-state index is 12.7. The van der Waals surface area contributed by atoms with E-state index >= 15 is 0 Å². The van der Waals surface area contributed by atoms with Gasteiger partial charge in [0.05, 0.1) is 19.0 Å². The third-order valence-corrected chi connectivity index (χ3v) is 6.69. The standard InChI is InChI=1S/C28H29N5O2/c1-4-33(5-2)21-13-11-20(26(15-21)35-3)17-29-32-28(34)25-16-24(30-31-25)22-14-12-19-10-9-18-7-6-8-23(22)27(18)19/h6-8,11-17H,4-5,9-10H2,1-3H3,(H,30,31)(H,32,34)/b29-17+. The zero-order chi connectivity index (χ0) is 24.4. The molecule has 1 heterocycles. The van der Waals surface area contributed by atoms with Gasteiger partial charge in [0.1, 0.15) is 11.4 Å². The van der Waals surface area contributed by atoms with Crippen molar-refractivity contribution in [3.8, 4) is 17.0 Å². The number of H-pyrrole nitrogens is 1. The van der Waals surface area contributed by atoms with Gasteiger partial charge in [0, 0.05) is 36.0 Å². The number of benzene rings is 3. The van der Waals surface area contributed by atoms with Crippen LogP contribution in [0.3, 0.4) is 0 Å². The molecule has 0 saturated carbocycles. The topological polar surface area (TPSA) is 82.6 Å². The third kappa shape index (κ3) is 4.25. The summed E-state index contributed by atoms with van der Waals surface area (Å²) in [5.74, 6) is 0.341. The highest BCUT2D eigenvalue weighted by molar-refractivity contribution is 6.02. The molecule has 0 radical (unpaired) electrons. The lowest BCUT2D eigenvalue weighted by Crippen LogP contribution is -2.21. The van der Waals surface area contributed by atoms with E-state index in [9.17, 15) is 4.79 Å². The SMILES string of the molecule is CCN(CC)c1ccc(/C=N/NC(=O)c2cc(-c3ccc4c5c(cccc35)CC4)n[nH]2)c(OC)c1. The summed E-state index contributed by atoms with van der Waals surface area (Å²) in [4.78, 5) is 14.9. The first-order chi connectivity index (χ1) is 17.1. The predicted octanol–water partition coefficient (Wildman–Crippen LogP) is 4.95. The second-order valence-corrected chi connectivity index (χ2v) is 8.58. The largest absolute Gasteiger partial charge is 0.496 e. The Balaban J connectivity index is 1.32. The quantitative estimate of drug-likeness (QED) is 0.284. The Hall–Kier alpha value is -4.13. The zero-order valence-corrected chi connectivity index (χ0v) is 20.3. The summed E-state index contributed by atoms with van der Waals surface area (Å²) in [5, 5.41) is 13.9. The van der Waals surface area contributed by atoms with Gasteiger partial charge >= 0.3 is 0 Å². The Morgan fingerprint density at radius 3 is 2.69 bits per heavy atom. The summed E-state index contributed by atoms with van der Waals surface area (Å²) in [6.07, 6.45) is 3.74. The van der Waals surface area contributed by atoms with Crippen molar-refractivity contribution >= 4 is 28.6 Å². The van der Waals surface area contributed by atoms with Gasteiger partial charge in [-0.2, -0.15) is 10.2 Å². The van der Waals surface area contributed by atoms with Crippen molar-refractivity contribution in [1.82, 2.24) is 15.6 Å². The number of rotatable bonds is 8. The van der Waals surface area contributed by atoms with Crippen LogP contribution in [0.1, 0.15) is 41.0 Å². The van der Waals surface area contributed by atoms with Crippen LogP contribution in [0.2, 0.25) is 0 Å². The van der Waals surface area contributed by atoms with Gasteiger partial charge in [-0.3, -0.25) is 9.89 Å². The van der Waals surface area contributed by atoms with Crippen LogP contribution in [0.4, 0.5) is 5.69 Å². The number of amides is 1. The van der Waals surface area contributed by atoms with Crippen LogP contribution in [-0.4, -0.2) is 42.5 Å². The van der Waals surface area contributed by atoms with E-state index in [0.29, 0.717) is 11.4 Å². The monoisotopic (exact) mass is 467 g/mol. The van der Waals surface area contributed by atoms with Crippen molar-refractivity contribution in [2.45, 2.75) is 26.7 Å². The minimum atomic E-state index is -0.357. The molecule has 0 spiro atoms. The fourth-order valence-corrected chi connectivity index (χ4v) is 4.86. The molecule has 0 atom stereocenters. The van der Waals surface area contributed by atoms with Gasteiger partial charge in [0.15, 0.2) is 0 Å². The van der Waals surface area contributed by atoms with E-state index in [2.05, 4.69) is 69.8 Å². The van der Waals surface area contributed by atoms with Crippen LogP contribution in [0.5, 0.6) is 5.75 Å². The average molecular weight is 468 g/mol. The molecule has 7 heteroatoms. The Morgan fingerprint density at radius 1 is 1.11 bits per heavy atom. The minimum absolute atomic E-state index is 0.351. The number of carbonyl (C=O) groups excluding carboxylic acids is 1. The van der Waals surface area contributed by atoms with Crippen molar-refractivity contribution < 1.29 is 9.53 Å². The number of aromatic amines is 1. The molecule has 35 heavy (non-hydrogen) atoms. The summed E-state index contributed by atoms with van der Waals surface area (Å²) in [6, 6.07) is 18.4. The zero-order valence-electron chi connectivity index (χ0n) is 20.3. The molecule has 1 aliphatic rings. The van der Waals surface area contributed by atoms with Gasteiger partial charge in [0.25, 0.3) is 5.91 Å². The first kappa shape index (κ1) is 22.7. The van der Waals surface area contributed by atoms with Gasteiger partial charge in [-0.15, -0.1) is 0 Å². The highest BCUT2D eigenvalue weighted by atomic mass is 16.5. The molecule has 3 aromatic carbocycles. The Labute approximate surface area is 204 Å². The summed E-state index contributed by atoms with van der Waals surface area (Å²) < 4.78 is 5.53. The van der Waals surface area contributed by atoms with Crippen molar-refractivity contribution in [3.63, 3.8) is 0 Å². The molecule has 1 amide bonds. The summed E-state index contributed by atoms with van der Waals surface area (Å²) in [6.45, 7) is 6.06. The van der Waals surface area contributed by atoms with Crippen molar-refractivity contribution in [2.24, 2.45) is 5.10 Å². The Kier molecular flexibility index (Phi) is 6.23. The molecule has 178 valence electrons. The Bertz CT molecular complexity index is 1410. The lowest BCUT2D eigenvalue weighted by molar-refractivity contribution is 0.0950. The van der Waals surface area contributed by atoms with E-state index in [0.717, 1.165) is 48.4 Å². The first-order valence-electron chi connectivity index (χ1n) is 12.0. The number of anilines is 1. The molecule has 7 nitrogen and oxygen atoms in total. The smallest absolute Gasteiger partial charge is 0.289 e. The number of aryl methyl sites for hydroxylation is 2. The molecular weight excluding hydrogens is 438 g/mol. The second-order valence-electron chi connectivity index (χ2n) is 8.58. The number of hydrazone groups is 1. The number of carbonyl (C=O) groups is 1. The van der Waals surface area contributed by atoms with E-state index < -0.39 is 0 Å². The summed E-state index contributed by atoms with van der Waals surface area (Å²) >= 11 is 0. The van der Waals surface area contributed by atoms with Crippen LogP contribution in [0.25, 0.3) is 22.0 Å². The van der Waals surface area contributed by atoms with Crippen LogP contribution in [0, 0.1) is 0 Å². The molecule has 4 aromatic rings. The first-order valence-corrected chi connectivity index (χ1v) is 12.0. The predicted molar refractivity (Wildman–Crippen MR) is 141 cm³/mol. The molecule has 1 aromatic heterocycles. The van der Waals surface area contributed by atoms with Crippen LogP contribution < -0.4 is 15.1 Å². The fraction of sp³-hybridized carbons (Fsp3) is 0.250. The molecule has 0 bridgehead atoms. The normalized spacial score (nSPS) is 12.4. The van der Waals surface area contributed by atoms with Crippen molar-refractivity contribution in [2.75, 3.05) is 25.1 Å². The van der Waals surface area contributed by atoms with Gasteiger partial charge in [0.2, 0.25) is 0 Å². The Morgan fingerprint density at radius 2 is 1.91 bits per heavy atom. The van der Waals surface area contributed by atoms with Gasteiger partial charge in [-0.05, 0) is 66.8 Å². The summed E-state index contributed by atoms with van der Waals surface area (Å²) in [7, 11) is 1.63. The highest BCUT2D eigenvalue weighted by Crippen LogP contribution is 2.36. The molecule has 0 unspecified atom stereocenters. The van der Waals surface area contributed by atoms with E-state index in [4.69, 9.17) is 4.74 Å². The maximum atomic E-state index is 12.7. The minimum Gasteiger partial charge on any atom is -0.496 e. The number of hydrogen-bond acceptors (Lipinski definition) is 5. The number of nitrogens with one attached hydrogen (secondary N) is 2. The third-order valence-electron chi connectivity index (χ3n) is 6.69. The van der Waals surface area contributed by atoms with Gasteiger partial charge in [-0.1, -0.05) is 30.3 Å². The second kappa shape index (κ2) is 9.62. The number of ether oxygens (including phenoxy) is 1. The maximum Gasteiger partial charge on any atom is 0.289 e. The number of hydrogen-bond donors (Lipinski definition) is 2. The molecule has 0 fully saturated rings. The van der Waals surface area contributed by atoms with Crippen LogP contribution >= 0.6 is 0 Å². The number of aromatic nitrogens is 2. The van der Waals surface area contributed by atoms with Crippen LogP contribution in [0.15, 0.2) is 59.7 Å². The molecular formula is C28H29N5O2. The van der Waals surface area contributed by atoms with Crippen molar-refractivity contribution in [1.29, 1.82) is 0 Å². The van der Waals surface area contributed by atoms with Gasteiger partial charge < -0.3 is 9.64 Å². The number of methoxy groups -OCH3 is 1. The molecule has 1 aliphatic carbocycles. The van der Waals surface area contributed by atoms with E-state index in [1.165, 1.54) is 21.9 Å². The molecule has 5 rings (SSSR count). The molecule has 2 N–H and O–H groups in total. The lowest BCUT2D eigenvalue weighted by Gasteiger charge is -2.21.